The van der Waals surface area contributed by atoms with Crippen LogP contribution in [0.25, 0.3) is 0 Å². The molecule has 0 amide bonds. The van der Waals surface area contributed by atoms with Gasteiger partial charge in [-0.05, 0) is 47.7 Å². The average molecular weight is 437 g/mol. The first kappa shape index (κ1) is 19.8. The van der Waals surface area contributed by atoms with Crippen molar-refractivity contribution >= 4 is 29.0 Å². The van der Waals surface area contributed by atoms with Gasteiger partial charge in [0.05, 0.1) is 26.2 Å². The van der Waals surface area contributed by atoms with Crippen LogP contribution in [0.3, 0.4) is 0 Å². The van der Waals surface area contributed by atoms with Crippen LogP contribution < -0.4 is 9.47 Å². The molecular weight excluding hydrogens is 416 g/mol. The largest absolute Gasteiger partial charge is 0.493 e. The molecule has 0 N–H and O–H groups in total. The van der Waals surface area contributed by atoms with Crippen molar-refractivity contribution in [1.29, 1.82) is 0 Å². The van der Waals surface area contributed by atoms with Crippen molar-refractivity contribution in [3.8, 4) is 11.5 Å². The van der Waals surface area contributed by atoms with Crippen LogP contribution in [-0.4, -0.2) is 40.5 Å². The third-order valence-corrected chi connectivity index (χ3v) is 6.29. The van der Waals surface area contributed by atoms with E-state index in [0.717, 1.165) is 16.8 Å². The van der Waals surface area contributed by atoms with Gasteiger partial charge < -0.3 is 9.47 Å². The Morgan fingerprint density at radius 2 is 1.87 bits per heavy atom. The van der Waals surface area contributed by atoms with E-state index in [2.05, 4.69) is 10.1 Å². The van der Waals surface area contributed by atoms with Crippen LogP contribution in [0.15, 0.2) is 53.8 Å². The molecule has 3 aromatic rings. The smallest absolute Gasteiger partial charge is 0.248 e. The van der Waals surface area contributed by atoms with Gasteiger partial charge in [-0.3, -0.25) is 4.79 Å². The lowest BCUT2D eigenvalue weighted by Gasteiger charge is -2.37. The lowest BCUT2D eigenvalue weighted by Crippen LogP contribution is -2.41. The zero-order chi connectivity index (χ0) is 21.5. The molecular formula is C23H21ClN4O3. The first-order valence-corrected chi connectivity index (χ1v) is 10.4. The van der Waals surface area contributed by atoms with Gasteiger partial charge in [-0.15, -0.1) is 0 Å². The average Bonchev–Trinajstić information content (AvgIpc) is 3.25. The summed E-state index contributed by atoms with van der Waals surface area (Å²) in [5.41, 5.74) is 2.79. The highest BCUT2D eigenvalue weighted by Crippen LogP contribution is 2.44. The number of nitrogens with zero attached hydrogens (tertiary/aromatic N) is 4. The van der Waals surface area contributed by atoms with Crippen molar-refractivity contribution in [2.45, 2.75) is 24.8 Å². The van der Waals surface area contributed by atoms with E-state index >= 15 is 0 Å². The van der Waals surface area contributed by atoms with Crippen LogP contribution in [0.5, 0.6) is 11.5 Å². The number of carbonyl (C=O) groups is 1. The van der Waals surface area contributed by atoms with E-state index in [4.69, 9.17) is 26.1 Å². The molecule has 1 aliphatic carbocycles. The molecule has 8 heteroatoms. The van der Waals surface area contributed by atoms with Crippen molar-refractivity contribution in [3.63, 3.8) is 0 Å². The van der Waals surface area contributed by atoms with Crippen LogP contribution in [0.2, 0.25) is 5.02 Å². The summed E-state index contributed by atoms with van der Waals surface area (Å²) in [7, 11) is 3.21. The van der Waals surface area contributed by atoms with E-state index in [1.165, 1.54) is 6.33 Å². The van der Waals surface area contributed by atoms with Crippen LogP contribution >= 0.6 is 11.6 Å². The summed E-state index contributed by atoms with van der Waals surface area (Å²) in [6.45, 7) is 0. The predicted octanol–water partition coefficient (Wildman–Crippen LogP) is 4.39. The van der Waals surface area contributed by atoms with E-state index in [1.807, 2.05) is 42.5 Å². The van der Waals surface area contributed by atoms with Gasteiger partial charge in [0.2, 0.25) is 5.95 Å². The van der Waals surface area contributed by atoms with Crippen LogP contribution in [0.4, 0.5) is 5.95 Å². The third-order valence-electron chi connectivity index (χ3n) is 6.06. The molecule has 2 aliphatic rings. The second-order valence-corrected chi connectivity index (χ2v) is 8.21. The van der Waals surface area contributed by atoms with E-state index in [0.29, 0.717) is 35.3 Å². The second kappa shape index (κ2) is 7.81. The highest BCUT2D eigenvalue weighted by Gasteiger charge is 2.44. The number of hydrogen-bond acceptors (Lipinski definition) is 6. The van der Waals surface area contributed by atoms with Gasteiger partial charge in [0.1, 0.15) is 12.1 Å². The molecule has 158 valence electrons. The van der Waals surface area contributed by atoms with Crippen LogP contribution in [0.1, 0.15) is 35.9 Å². The molecule has 0 radical (unpaired) electrons. The van der Waals surface area contributed by atoms with Crippen molar-refractivity contribution in [1.82, 2.24) is 14.8 Å². The summed E-state index contributed by atoms with van der Waals surface area (Å²) < 4.78 is 12.5. The molecule has 7 nitrogen and oxygen atoms in total. The number of methoxy groups -OCH3 is 2. The maximum Gasteiger partial charge on any atom is 0.248 e. The van der Waals surface area contributed by atoms with Gasteiger partial charge in [0.25, 0.3) is 0 Å². The molecule has 0 saturated heterocycles. The van der Waals surface area contributed by atoms with Crippen molar-refractivity contribution < 1.29 is 14.3 Å². The van der Waals surface area contributed by atoms with Gasteiger partial charge in [0.15, 0.2) is 11.5 Å². The maximum absolute atomic E-state index is 13.5. The fraction of sp³-hybridized carbons (Fsp3) is 0.304. The molecule has 1 saturated carbocycles. The van der Waals surface area contributed by atoms with E-state index < -0.39 is 0 Å². The number of halogens is 1. The first-order chi connectivity index (χ1) is 15.1. The minimum atomic E-state index is -0.385. The fourth-order valence-corrected chi connectivity index (χ4v) is 4.84. The number of ether oxygens (including phenoxy) is 2. The minimum Gasteiger partial charge on any atom is -0.493 e. The number of hydrogen-bond donors (Lipinski definition) is 0. The zero-order valence-electron chi connectivity index (χ0n) is 17.2. The SMILES string of the molecule is COc1ccc(C2CC(=O)C3C(=Nc4ncnn4C3c3cccc(Cl)c3)C2)cc1OC. The Morgan fingerprint density at radius 1 is 1.03 bits per heavy atom. The van der Waals surface area contributed by atoms with Crippen LogP contribution in [0, 0.1) is 5.92 Å². The summed E-state index contributed by atoms with van der Waals surface area (Å²) in [5, 5.41) is 4.98. The molecule has 2 aromatic carbocycles. The lowest BCUT2D eigenvalue weighted by molar-refractivity contribution is -0.122. The first-order valence-electron chi connectivity index (χ1n) is 10.1. The monoisotopic (exact) mass is 436 g/mol. The van der Waals surface area contributed by atoms with Gasteiger partial charge in [-0.25, -0.2) is 9.67 Å². The highest BCUT2D eigenvalue weighted by atomic mass is 35.5. The van der Waals surface area contributed by atoms with Gasteiger partial charge in [0, 0.05) is 17.2 Å². The Kier molecular flexibility index (Phi) is 4.98. The lowest BCUT2D eigenvalue weighted by atomic mass is 9.72. The van der Waals surface area contributed by atoms with Crippen molar-refractivity contribution in [3.05, 3.63) is 64.9 Å². The quantitative estimate of drug-likeness (QED) is 0.606. The minimum absolute atomic E-state index is 0.0109. The number of Topliss-reactive ketones (excluding diaryl/α,β-unsaturated/α-hetero) is 1. The number of aromatic nitrogens is 3. The molecule has 1 fully saturated rings. The van der Waals surface area contributed by atoms with E-state index in [1.54, 1.807) is 18.9 Å². The molecule has 0 bridgehead atoms. The standard InChI is InChI=1S/C23H21ClN4O3/c1-30-19-7-6-13(11-20(19)31-2)15-9-17-21(18(29)10-15)22(14-4-3-5-16(24)8-14)28-23(27-17)25-12-26-28/h3-8,11-12,15,21-22H,9-10H2,1-2H3. The highest BCUT2D eigenvalue weighted by molar-refractivity contribution is 6.30. The van der Waals surface area contributed by atoms with Gasteiger partial charge >= 0.3 is 0 Å². The maximum atomic E-state index is 13.5. The van der Waals surface area contributed by atoms with Crippen molar-refractivity contribution in [2.24, 2.45) is 10.9 Å². The normalized spacial score (nSPS) is 22.4. The fourth-order valence-electron chi connectivity index (χ4n) is 4.64. The van der Waals surface area contributed by atoms with Gasteiger partial charge in [-0.1, -0.05) is 29.8 Å². The van der Waals surface area contributed by atoms with E-state index in [-0.39, 0.29) is 23.7 Å². The zero-order valence-corrected chi connectivity index (χ0v) is 17.9. The second-order valence-electron chi connectivity index (χ2n) is 7.77. The Labute approximate surface area is 184 Å². The molecule has 0 spiro atoms. The number of ketones is 1. The molecule has 3 atom stereocenters. The topological polar surface area (TPSA) is 78.6 Å². The number of fused-ring (bicyclic) bond motifs is 2. The molecule has 1 aliphatic heterocycles. The number of rotatable bonds is 4. The summed E-state index contributed by atoms with van der Waals surface area (Å²) in [4.78, 5) is 22.5. The predicted molar refractivity (Wildman–Crippen MR) is 117 cm³/mol. The summed E-state index contributed by atoms with van der Waals surface area (Å²) in [6.07, 6.45) is 2.56. The molecule has 3 unspecified atom stereocenters. The Bertz CT molecular complexity index is 1190. The summed E-state index contributed by atoms with van der Waals surface area (Å²) in [6, 6.07) is 13.1. The Morgan fingerprint density at radius 3 is 2.65 bits per heavy atom. The number of aliphatic imine (C=N–C) groups is 1. The summed E-state index contributed by atoms with van der Waals surface area (Å²) >= 11 is 6.25. The Hall–Kier alpha value is -3.19. The Balaban J connectivity index is 1.54. The van der Waals surface area contributed by atoms with Crippen molar-refractivity contribution in [2.75, 3.05) is 14.2 Å². The number of carbonyl (C=O) groups excluding carboxylic acids is 1. The molecule has 5 rings (SSSR count). The van der Waals surface area contributed by atoms with Crippen LogP contribution in [-0.2, 0) is 4.79 Å². The molecule has 2 heterocycles. The summed E-state index contributed by atoms with van der Waals surface area (Å²) in [5.74, 6) is 1.58. The van der Waals surface area contributed by atoms with E-state index in [9.17, 15) is 4.79 Å². The number of benzene rings is 2. The molecule has 31 heavy (non-hydrogen) atoms. The third kappa shape index (κ3) is 3.39. The van der Waals surface area contributed by atoms with Gasteiger partial charge in [-0.2, -0.15) is 10.1 Å². The molecule has 1 aromatic heterocycles.